The number of allylic oxidation sites excluding steroid dienone is 1. The summed E-state index contributed by atoms with van der Waals surface area (Å²) in [5.41, 5.74) is 0.394. The van der Waals surface area contributed by atoms with Gasteiger partial charge in [0.25, 0.3) is 0 Å². The van der Waals surface area contributed by atoms with Crippen LogP contribution in [0, 0.1) is 5.41 Å². The molecule has 1 aliphatic heterocycles. The summed E-state index contributed by atoms with van der Waals surface area (Å²) in [4.78, 5) is 11.7. The molecule has 72 valence electrons. The van der Waals surface area contributed by atoms with Crippen LogP contribution in [0.1, 0.15) is 26.2 Å². The highest BCUT2D eigenvalue weighted by Crippen LogP contribution is 2.34. The smallest absolute Gasteiger partial charge is 0.230 e. The molecule has 2 nitrogen and oxygen atoms in total. The van der Waals surface area contributed by atoms with Crippen LogP contribution in [0.15, 0.2) is 24.8 Å². The number of amides is 1. The van der Waals surface area contributed by atoms with Crippen molar-refractivity contribution >= 4 is 5.91 Å². The van der Waals surface area contributed by atoms with Gasteiger partial charge < -0.3 is 5.32 Å². The molecule has 0 saturated carbocycles. The van der Waals surface area contributed by atoms with Crippen LogP contribution in [0.3, 0.4) is 0 Å². The van der Waals surface area contributed by atoms with Gasteiger partial charge in [-0.2, -0.15) is 0 Å². The number of carbonyl (C=O) groups excluding carboxylic acids is 1. The van der Waals surface area contributed by atoms with Crippen molar-refractivity contribution in [1.29, 1.82) is 0 Å². The number of hydrogen-bond donors (Lipinski definition) is 1. The lowest BCUT2D eigenvalue weighted by molar-refractivity contribution is -0.127. The lowest BCUT2D eigenvalue weighted by Crippen LogP contribution is -2.37. The van der Waals surface area contributed by atoms with Crippen LogP contribution < -0.4 is 5.32 Å². The summed E-state index contributed by atoms with van der Waals surface area (Å²) in [5, 5.41) is 2.90. The Balaban J connectivity index is 2.88. The SMILES string of the molecule is C=CC(=C)[C@]1(C)CCCCNC1=O. The molecule has 0 bridgehead atoms. The van der Waals surface area contributed by atoms with Gasteiger partial charge in [0.2, 0.25) is 5.91 Å². The molecule has 1 heterocycles. The molecule has 1 aliphatic rings. The average molecular weight is 179 g/mol. The Labute approximate surface area is 79.7 Å². The van der Waals surface area contributed by atoms with Crippen LogP contribution in [0.2, 0.25) is 0 Å². The summed E-state index contributed by atoms with van der Waals surface area (Å²) in [5.74, 6) is 0.0925. The van der Waals surface area contributed by atoms with E-state index < -0.39 is 5.41 Å². The Morgan fingerprint density at radius 2 is 2.31 bits per heavy atom. The molecule has 13 heavy (non-hydrogen) atoms. The Bertz CT molecular complexity index is 244. The second-order valence-corrected chi connectivity index (χ2v) is 3.77. The van der Waals surface area contributed by atoms with E-state index in [0.29, 0.717) is 0 Å². The Morgan fingerprint density at radius 1 is 1.62 bits per heavy atom. The topological polar surface area (TPSA) is 29.1 Å². The van der Waals surface area contributed by atoms with E-state index in [4.69, 9.17) is 0 Å². The molecule has 0 unspecified atom stereocenters. The maximum absolute atomic E-state index is 11.7. The van der Waals surface area contributed by atoms with Gasteiger partial charge in [-0.3, -0.25) is 4.79 Å². The number of nitrogens with one attached hydrogen (secondary N) is 1. The summed E-state index contributed by atoms with van der Waals surface area (Å²) in [7, 11) is 0. The Hall–Kier alpha value is -1.05. The van der Waals surface area contributed by atoms with E-state index in [1.165, 1.54) is 0 Å². The molecule has 0 aromatic rings. The first-order chi connectivity index (χ1) is 6.11. The molecule has 2 heteroatoms. The molecule has 0 radical (unpaired) electrons. The summed E-state index contributed by atoms with van der Waals surface area (Å²) in [6.07, 6.45) is 4.70. The first-order valence-electron chi connectivity index (χ1n) is 4.71. The Morgan fingerprint density at radius 3 is 2.92 bits per heavy atom. The lowest BCUT2D eigenvalue weighted by Gasteiger charge is -2.26. The third-order valence-electron chi connectivity index (χ3n) is 2.85. The fourth-order valence-corrected chi connectivity index (χ4v) is 1.65. The molecule has 0 aromatic carbocycles. The van der Waals surface area contributed by atoms with Gasteiger partial charge in [0.05, 0.1) is 5.41 Å². The van der Waals surface area contributed by atoms with Gasteiger partial charge in [0, 0.05) is 6.54 Å². The molecular formula is C11H17NO. The lowest BCUT2D eigenvalue weighted by atomic mass is 9.78. The summed E-state index contributed by atoms with van der Waals surface area (Å²) in [6, 6.07) is 0. The minimum absolute atomic E-state index is 0.0925. The summed E-state index contributed by atoms with van der Waals surface area (Å²) >= 11 is 0. The molecule has 1 rings (SSSR count). The van der Waals surface area contributed by atoms with Gasteiger partial charge >= 0.3 is 0 Å². The fourth-order valence-electron chi connectivity index (χ4n) is 1.65. The van der Waals surface area contributed by atoms with E-state index in [2.05, 4.69) is 18.5 Å². The molecule has 0 spiro atoms. The van der Waals surface area contributed by atoms with Crippen molar-refractivity contribution in [2.24, 2.45) is 5.41 Å². The van der Waals surface area contributed by atoms with E-state index in [9.17, 15) is 4.79 Å². The van der Waals surface area contributed by atoms with Crippen molar-refractivity contribution < 1.29 is 4.79 Å². The second-order valence-electron chi connectivity index (χ2n) is 3.77. The third kappa shape index (κ3) is 1.82. The largest absolute Gasteiger partial charge is 0.355 e. The third-order valence-corrected chi connectivity index (χ3v) is 2.85. The molecule has 1 fully saturated rings. The van der Waals surface area contributed by atoms with Crippen LogP contribution in [0.4, 0.5) is 0 Å². The van der Waals surface area contributed by atoms with Crippen LogP contribution >= 0.6 is 0 Å². The Kier molecular flexibility index (Phi) is 2.91. The highest BCUT2D eigenvalue weighted by Gasteiger charge is 2.35. The highest BCUT2D eigenvalue weighted by molar-refractivity contribution is 5.86. The van der Waals surface area contributed by atoms with Crippen molar-refractivity contribution in [1.82, 2.24) is 5.32 Å². The number of rotatable bonds is 2. The first-order valence-corrected chi connectivity index (χ1v) is 4.71. The van der Waals surface area contributed by atoms with Gasteiger partial charge in [-0.25, -0.2) is 0 Å². The molecule has 0 aromatic heterocycles. The quantitative estimate of drug-likeness (QED) is 0.646. The minimum Gasteiger partial charge on any atom is -0.355 e. The number of carbonyl (C=O) groups is 1. The molecule has 0 aliphatic carbocycles. The van der Waals surface area contributed by atoms with E-state index in [1.54, 1.807) is 6.08 Å². The summed E-state index contributed by atoms with van der Waals surface area (Å²) in [6.45, 7) is 10.3. The maximum Gasteiger partial charge on any atom is 0.230 e. The van der Waals surface area contributed by atoms with Gasteiger partial charge in [0.1, 0.15) is 0 Å². The summed E-state index contributed by atoms with van der Waals surface area (Å²) < 4.78 is 0. The molecule has 1 amide bonds. The van der Waals surface area contributed by atoms with Gasteiger partial charge in [-0.05, 0) is 25.3 Å². The van der Waals surface area contributed by atoms with Crippen molar-refractivity contribution in [3.05, 3.63) is 24.8 Å². The maximum atomic E-state index is 11.7. The van der Waals surface area contributed by atoms with E-state index in [1.807, 2.05) is 6.92 Å². The zero-order valence-electron chi connectivity index (χ0n) is 8.23. The predicted molar refractivity (Wildman–Crippen MR) is 54.3 cm³/mol. The zero-order chi connectivity index (χ0) is 9.90. The highest BCUT2D eigenvalue weighted by atomic mass is 16.2. The molecule has 1 N–H and O–H groups in total. The van der Waals surface area contributed by atoms with E-state index in [-0.39, 0.29) is 5.91 Å². The average Bonchev–Trinajstić information content (AvgIpc) is 2.29. The fraction of sp³-hybridized carbons (Fsp3) is 0.545. The van der Waals surface area contributed by atoms with Gasteiger partial charge in [-0.1, -0.05) is 25.7 Å². The van der Waals surface area contributed by atoms with Crippen molar-refractivity contribution in [2.45, 2.75) is 26.2 Å². The van der Waals surface area contributed by atoms with Crippen LogP contribution in [-0.4, -0.2) is 12.5 Å². The van der Waals surface area contributed by atoms with Crippen molar-refractivity contribution in [3.8, 4) is 0 Å². The van der Waals surface area contributed by atoms with Crippen molar-refractivity contribution in [3.63, 3.8) is 0 Å². The predicted octanol–water partition coefficient (Wildman–Crippen LogP) is 2.04. The second kappa shape index (κ2) is 3.77. The number of hydrogen-bond acceptors (Lipinski definition) is 1. The molecule has 1 saturated heterocycles. The van der Waals surface area contributed by atoms with Crippen LogP contribution in [-0.2, 0) is 4.79 Å². The van der Waals surface area contributed by atoms with Gasteiger partial charge in [0.15, 0.2) is 0 Å². The monoisotopic (exact) mass is 179 g/mol. The van der Waals surface area contributed by atoms with Crippen molar-refractivity contribution in [2.75, 3.05) is 6.54 Å². The van der Waals surface area contributed by atoms with Gasteiger partial charge in [-0.15, -0.1) is 0 Å². The minimum atomic E-state index is -0.432. The first kappa shape index (κ1) is 10.0. The normalized spacial score (nSPS) is 28.8. The van der Waals surface area contributed by atoms with E-state index >= 15 is 0 Å². The zero-order valence-corrected chi connectivity index (χ0v) is 8.23. The van der Waals surface area contributed by atoms with Crippen LogP contribution in [0.5, 0.6) is 0 Å². The van der Waals surface area contributed by atoms with Crippen LogP contribution in [0.25, 0.3) is 0 Å². The van der Waals surface area contributed by atoms with E-state index in [0.717, 1.165) is 31.4 Å². The molecular weight excluding hydrogens is 162 g/mol. The standard InChI is InChI=1S/C11H17NO/c1-4-9(2)11(3)7-5-6-8-12-10(11)13/h4H,1-2,5-8H2,3H3,(H,12,13)/t11-/m0/s1. The molecule has 1 atom stereocenters.